The maximum absolute atomic E-state index is 12.3. The second-order valence-electron chi connectivity index (χ2n) is 4.30. The maximum Gasteiger partial charge on any atom is 0.258 e. The summed E-state index contributed by atoms with van der Waals surface area (Å²) < 4.78 is 0.715. The summed E-state index contributed by atoms with van der Waals surface area (Å²) >= 11 is 3.23. The molecule has 1 aromatic rings. The number of carbonyl (C=O) groups is 1. The van der Waals surface area contributed by atoms with Crippen molar-refractivity contribution in [3.63, 3.8) is 0 Å². The number of piperidine rings is 1. The molecule has 1 aromatic carbocycles. The molecular weight excluding hydrogens is 296 g/mol. The fourth-order valence-electron chi connectivity index (χ4n) is 2.15. The number of likely N-dealkylation sites (tertiary alicyclic amines) is 1. The number of phenols is 1. The Morgan fingerprint density at radius 1 is 1.50 bits per heavy atom. The van der Waals surface area contributed by atoms with Crippen LogP contribution in [0, 0.1) is 11.3 Å². The number of carbonyl (C=O) groups excluding carboxylic acids is 1. The van der Waals surface area contributed by atoms with Crippen LogP contribution in [-0.4, -0.2) is 28.5 Å². The van der Waals surface area contributed by atoms with E-state index >= 15 is 0 Å². The number of aromatic hydroxyl groups is 1. The molecule has 5 heteroatoms. The van der Waals surface area contributed by atoms with Crippen molar-refractivity contribution < 1.29 is 9.90 Å². The minimum absolute atomic E-state index is 0.0587. The second kappa shape index (κ2) is 5.40. The van der Waals surface area contributed by atoms with Gasteiger partial charge < -0.3 is 10.0 Å². The van der Waals surface area contributed by atoms with Crippen molar-refractivity contribution in [1.82, 2.24) is 4.90 Å². The number of phenolic OH excluding ortho intramolecular Hbond substituents is 1. The molecule has 0 bridgehead atoms. The van der Waals surface area contributed by atoms with Crippen LogP contribution in [0.2, 0.25) is 0 Å². The summed E-state index contributed by atoms with van der Waals surface area (Å²) in [6.45, 7) is 0.576. The van der Waals surface area contributed by atoms with Gasteiger partial charge in [-0.05, 0) is 37.5 Å². The zero-order valence-corrected chi connectivity index (χ0v) is 11.4. The van der Waals surface area contributed by atoms with Gasteiger partial charge in [0.2, 0.25) is 0 Å². The molecule has 0 aromatic heterocycles. The van der Waals surface area contributed by atoms with Crippen molar-refractivity contribution in [1.29, 1.82) is 5.26 Å². The molecule has 1 saturated heterocycles. The molecule has 1 atom stereocenters. The highest BCUT2D eigenvalue weighted by Gasteiger charge is 2.28. The van der Waals surface area contributed by atoms with Gasteiger partial charge in [0.1, 0.15) is 11.8 Å². The zero-order valence-electron chi connectivity index (χ0n) is 9.77. The second-order valence-corrected chi connectivity index (χ2v) is 5.22. The number of nitrogens with zero attached hydrogens (tertiary/aromatic N) is 2. The van der Waals surface area contributed by atoms with Gasteiger partial charge in [-0.25, -0.2) is 0 Å². The first-order chi connectivity index (χ1) is 8.63. The topological polar surface area (TPSA) is 64.3 Å². The first kappa shape index (κ1) is 12.9. The number of hydrogen-bond acceptors (Lipinski definition) is 3. The lowest BCUT2D eigenvalue weighted by Crippen LogP contribution is -2.42. The summed E-state index contributed by atoms with van der Waals surface area (Å²) in [5.74, 6) is -0.331. The molecule has 1 aliphatic heterocycles. The molecule has 0 radical (unpaired) electrons. The fraction of sp³-hybridized carbons (Fsp3) is 0.385. The van der Waals surface area contributed by atoms with Crippen LogP contribution in [0.3, 0.4) is 0 Å². The average Bonchev–Trinajstić information content (AvgIpc) is 2.38. The Kier molecular flexibility index (Phi) is 3.87. The standard InChI is InChI=1S/C13H13BrN2O2/c14-9-4-5-11(12(17)7-9)13(18)16-6-2-1-3-10(16)8-15/h4-5,7,10,17H,1-3,6H2. The molecule has 2 rings (SSSR count). The smallest absolute Gasteiger partial charge is 0.258 e. The Hall–Kier alpha value is -1.54. The predicted octanol–water partition coefficient (Wildman–Crippen LogP) is 2.67. The first-order valence-electron chi connectivity index (χ1n) is 5.82. The van der Waals surface area contributed by atoms with E-state index in [0.29, 0.717) is 17.4 Å². The highest BCUT2D eigenvalue weighted by Crippen LogP contribution is 2.26. The van der Waals surface area contributed by atoms with Crippen molar-refractivity contribution in [2.75, 3.05) is 6.54 Å². The van der Waals surface area contributed by atoms with E-state index < -0.39 is 0 Å². The monoisotopic (exact) mass is 308 g/mol. The first-order valence-corrected chi connectivity index (χ1v) is 6.62. The molecule has 0 saturated carbocycles. The SMILES string of the molecule is N#CC1CCCCN1C(=O)c1ccc(Br)cc1O. The number of nitriles is 1. The van der Waals surface area contributed by atoms with Crippen LogP contribution in [0.25, 0.3) is 0 Å². The van der Waals surface area contributed by atoms with Crippen molar-refractivity contribution in [2.45, 2.75) is 25.3 Å². The minimum atomic E-state index is -0.380. The summed E-state index contributed by atoms with van der Waals surface area (Å²) in [6.07, 6.45) is 2.58. The lowest BCUT2D eigenvalue weighted by molar-refractivity contribution is 0.0667. The van der Waals surface area contributed by atoms with Crippen molar-refractivity contribution in [2.24, 2.45) is 0 Å². The zero-order chi connectivity index (χ0) is 13.1. The molecular formula is C13H13BrN2O2. The van der Waals surface area contributed by atoms with Crippen molar-refractivity contribution in [3.05, 3.63) is 28.2 Å². The largest absolute Gasteiger partial charge is 0.507 e. The van der Waals surface area contributed by atoms with Gasteiger partial charge >= 0.3 is 0 Å². The van der Waals surface area contributed by atoms with Crippen LogP contribution in [0.15, 0.2) is 22.7 Å². The average molecular weight is 309 g/mol. The van der Waals surface area contributed by atoms with Crippen molar-refractivity contribution in [3.8, 4) is 11.8 Å². The molecule has 1 amide bonds. The lowest BCUT2D eigenvalue weighted by atomic mass is 10.0. The number of rotatable bonds is 1. The Morgan fingerprint density at radius 2 is 2.28 bits per heavy atom. The molecule has 1 unspecified atom stereocenters. The van der Waals surface area contributed by atoms with Gasteiger partial charge in [-0.1, -0.05) is 15.9 Å². The molecule has 4 nitrogen and oxygen atoms in total. The van der Waals surface area contributed by atoms with E-state index in [9.17, 15) is 9.90 Å². The number of amides is 1. The maximum atomic E-state index is 12.3. The lowest BCUT2D eigenvalue weighted by Gasteiger charge is -2.31. The van der Waals surface area contributed by atoms with Crippen LogP contribution >= 0.6 is 15.9 Å². The Bertz CT molecular complexity index is 510. The van der Waals surface area contributed by atoms with E-state index in [-0.39, 0.29) is 23.3 Å². The van der Waals surface area contributed by atoms with E-state index in [2.05, 4.69) is 22.0 Å². The van der Waals surface area contributed by atoms with Crippen LogP contribution < -0.4 is 0 Å². The summed E-state index contributed by atoms with van der Waals surface area (Å²) in [5.41, 5.74) is 0.250. The Balaban J connectivity index is 2.27. The van der Waals surface area contributed by atoms with Crippen LogP contribution in [-0.2, 0) is 0 Å². The quantitative estimate of drug-likeness (QED) is 0.867. The Morgan fingerprint density at radius 3 is 2.94 bits per heavy atom. The summed E-state index contributed by atoms with van der Waals surface area (Å²) in [6, 6.07) is 6.53. The van der Waals surface area contributed by atoms with Gasteiger partial charge in [0.05, 0.1) is 11.6 Å². The third-order valence-electron chi connectivity index (χ3n) is 3.10. The normalized spacial score (nSPS) is 19.3. The number of hydrogen-bond donors (Lipinski definition) is 1. The van der Waals surface area contributed by atoms with Gasteiger partial charge in [0, 0.05) is 11.0 Å². The van der Waals surface area contributed by atoms with E-state index in [1.165, 1.54) is 6.07 Å². The van der Waals surface area contributed by atoms with Gasteiger partial charge in [0.25, 0.3) is 5.91 Å². The molecule has 1 aliphatic rings. The molecule has 0 spiro atoms. The third-order valence-corrected chi connectivity index (χ3v) is 3.60. The molecule has 1 fully saturated rings. The van der Waals surface area contributed by atoms with E-state index in [4.69, 9.17) is 5.26 Å². The highest BCUT2D eigenvalue weighted by molar-refractivity contribution is 9.10. The summed E-state index contributed by atoms with van der Waals surface area (Å²) in [5, 5.41) is 18.8. The van der Waals surface area contributed by atoms with Crippen molar-refractivity contribution >= 4 is 21.8 Å². The third kappa shape index (κ3) is 2.49. The summed E-state index contributed by atoms with van der Waals surface area (Å²) in [4.78, 5) is 13.8. The van der Waals surface area contributed by atoms with Crippen LogP contribution in [0.1, 0.15) is 29.6 Å². The van der Waals surface area contributed by atoms with Crippen LogP contribution in [0.4, 0.5) is 0 Å². The molecule has 1 heterocycles. The van der Waals surface area contributed by atoms with Gasteiger partial charge in [-0.3, -0.25) is 4.79 Å². The predicted molar refractivity (Wildman–Crippen MR) is 70.1 cm³/mol. The van der Waals surface area contributed by atoms with Crippen LogP contribution in [0.5, 0.6) is 5.75 Å². The summed E-state index contributed by atoms with van der Waals surface area (Å²) in [7, 11) is 0. The molecule has 94 valence electrons. The van der Waals surface area contributed by atoms with E-state index in [1.54, 1.807) is 17.0 Å². The minimum Gasteiger partial charge on any atom is -0.507 e. The van der Waals surface area contributed by atoms with Gasteiger partial charge in [-0.15, -0.1) is 0 Å². The Labute approximate surface area is 114 Å². The fourth-order valence-corrected chi connectivity index (χ4v) is 2.50. The molecule has 18 heavy (non-hydrogen) atoms. The molecule has 1 N–H and O–H groups in total. The number of benzene rings is 1. The van der Waals surface area contributed by atoms with E-state index in [1.807, 2.05) is 0 Å². The van der Waals surface area contributed by atoms with Gasteiger partial charge in [0.15, 0.2) is 0 Å². The van der Waals surface area contributed by atoms with Gasteiger partial charge in [-0.2, -0.15) is 5.26 Å². The molecule has 0 aliphatic carbocycles. The number of halogens is 1. The van der Waals surface area contributed by atoms with E-state index in [0.717, 1.165) is 12.8 Å². The highest BCUT2D eigenvalue weighted by atomic mass is 79.9.